The zero-order chi connectivity index (χ0) is 8.27. The summed E-state index contributed by atoms with van der Waals surface area (Å²) in [4.78, 5) is 13.8. The lowest BCUT2D eigenvalue weighted by Gasteiger charge is -2.02. The van der Waals surface area contributed by atoms with Gasteiger partial charge in [-0.2, -0.15) is 0 Å². The van der Waals surface area contributed by atoms with Crippen molar-refractivity contribution in [1.82, 2.24) is 4.98 Å². The molecule has 1 heterocycles. The largest absolute Gasteiger partial charge is 0.503 e. The number of ether oxygens (including phenoxy) is 1. The molecule has 0 fully saturated rings. The highest BCUT2D eigenvalue weighted by atomic mass is 16.5. The number of carbonyl (C=O) groups excluding carboxylic acids is 1. The summed E-state index contributed by atoms with van der Waals surface area (Å²) in [6.45, 7) is 0. The summed E-state index contributed by atoms with van der Waals surface area (Å²) in [6, 6.07) is 1.47. The number of nitrogens with zero attached hydrogens (tertiary/aromatic N) is 1. The van der Waals surface area contributed by atoms with Crippen LogP contribution in [0.1, 0.15) is 10.5 Å². The van der Waals surface area contributed by atoms with Gasteiger partial charge in [-0.15, -0.1) is 0 Å². The molecule has 0 unspecified atom stereocenters. The summed E-state index contributed by atoms with van der Waals surface area (Å²) in [7, 11) is 1.41. The second kappa shape index (κ2) is 3.01. The van der Waals surface area contributed by atoms with E-state index in [0.29, 0.717) is 6.29 Å². The van der Waals surface area contributed by atoms with Gasteiger partial charge in [0.1, 0.15) is 5.69 Å². The fourth-order valence-corrected chi connectivity index (χ4v) is 0.703. The summed E-state index contributed by atoms with van der Waals surface area (Å²) in [5, 5.41) is 9.17. The van der Waals surface area contributed by atoms with E-state index < -0.39 is 0 Å². The van der Waals surface area contributed by atoms with Gasteiger partial charge in [-0.3, -0.25) is 4.79 Å². The smallest absolute Gasteiger partial charge is 0.187 e. The topological polar surface area (TPSA) is 59.4 Å². The minimum atomic E-state index is -0.218. The van der Waals surface area contributed by atoms with Gasteiger partial charge in [0.25, 0.3) is 0 Å². The van der Waals surface area contributed by atoms with Crippen LogP contribution in [0, 0.1) is 0 Å². The molecular weight excluding hydrogens is 146 g/mol. The minimum Gasteiger partial charge on any atom is -0.503 e. The molecule has 0 bridgehead atoms. The number of hydrogen-bond acceptors (Lipinski definition) is 4. The number of methoxy groups -OCH3 is 1. The predicted octanol–water partition coefficient (Wildman–Crippen LogP) is 0.608. The molecule has 0 radical (unpaired) electrons. The normalized spacial score (nSPS) is 9.18. The van der Waals surface area contributed by atoms with Gasteiger partial charge in [0, 0.05) is 12.3 Å². The molecule has 0 aliphatic rings. The van der Waals surface area contributed by atoms with Crippen LogP contribution in [0.4, 0.5) is 0 Å². The number of aromatic hydroxyl groups is 1. The van der Waals surface area contributed by atoms with Crippen molar-refractivity contribution in [1.29, 1.82) is 0 Å². The number of rotatable bonds is 2. The molecule has 0 saturated carbocycles. The molecule has 0 spiro atoms. The molecular formula is C7H7NO3. The highest BCUT2D eigenvalue weighted by Gasteiger charge is 2.06. The van der Waals surface area contributed by atoms with Crippen LogP contribution in [0.2, 0.25) is 0 Å². The number of carbonyl (C=O) groups is 1. The predicted molar refractivity (Wildman–Crippen MR) is 37.8 cm³/mol. The molecule has 1 aromatic heterocycles. The van der Waals surface area contributed by atoms with Crippen LogP contribution in [-0.2, 0) is 0 Å². The van der Waals surface area contributed by atoms with Gasteiger partial charge < -0.3 is 9.84 Å². The second-order valence-corrected chi connectivity index (χ2v) is 1.86. The Morgan fingerprint density at radius 3 is 3.00 bits per heavy atom. The van der Waals surface area contributed by atoms with Crippen LogP contribution < -0.4 is 4.74 Å². The van der Waals surface area contributed by atoms with Crippen LogP contribution >= 0.6 is 0 Å². The summed E-state index contributed by atoms with van der Waals surface area (Å²) in [5.74, 6) is 0.0344. The molecule has 0 saturated heterocycles. The molecule has 0 aliphatic heterocycles. The first kappa shape index (κ1) is 7.53. The first-order valence-electron chi connectivity index (χ1n) is 2.96. The first-order chi connectivity index (χ1) is 5.29. The molecule has 58 valence electrons. The third-order valence-electron chi connectivity index (χ3n) is 1.25. The van der Waals surface area contributed by atoms with Crippen LogP contribution in [0.3, 0.4) is 0 Å². The minimum absolute atomic E-state index is 0.00986. The Hall–Kier alpha value is -1.58. The van der Waals surface area contributed by atoms with Crippen molar-refractivity contribution in [2.75, 3.05) is 7.11 Å². The van der Waals surface area contributed by atoms with Crippen molar-refractivity contribution < 1.29 is 14.6 Å². The van der Waals surface area contributed by atoms with Gasteiger partial charge in [0.2, 0.25) is 0 Å². The number of aromatic nitrogens is 1. The maximum absolute atomic E-state index is 10.2. The molecule has 4 heteroatoms. The molecule has 0 atom stereocenters. The lowest BCUT2D eigenvalue weighted by molar-refractivity contribution is 0.111. The quantitative estimate of drug-likeness (QED) is 0.632. The summed E-state index contributed by atoms with van der Waals surface area (Å²) >= 11 is 0. The number of hydrogen-bond donors (Lipinski definition) is 1. The van der Waals surface area contributed by atoms with Crippen molar-refractivity contribution >= 4 is 6.29 Å². The van der Waals surface area contributed by atoms with Crippen LogP contribution in [-0.4, -0.2) is 23.5 Å². The third kappa shape index (κ3) is 1.29. The van der Waals surface area contributed by atoms with Crippen molar-refractivity contribution in [3.05, 3.63) is 18.0 Å². The monoisotopic (exact) mass is 153 g/mol. The van der Waals surface area contributed by atoms with E-state index in [4.69, 9.17) is 4.74 Å². The van der Waals surface area contributed by atoms with Crippen molar-refractivity contribution in [2.45, 2.75) is 0 Å². The van der Waals surface area contributed by atoms with Crippen LogP contribution in [0.5, 0.6) is 11.5 Å². The van der Waals surface area contributed by atoms with E-state index in [0.717, 1.165) is 0 Å². The molecule has 1 rings (SSSR count). The van der Waals surface area contributed by atoms with Gasteiger partial charge in [-0.05, 0) is 0 Å². The third-order valence-corrected chi connectivity index (χ3v) is 1.25. The van der Waals surface area contributed by atoms with Crippen molar-refractivity contribution in [3.8, 4) is 11.5 Å². The maximum atomic E-state index is 10.2. The first-order valence-corrected chi connectivity index (χ1v) is 2.96. The fourth-order valence-electron chi connectivity index (χ4n) is 0.703. The van der Waals surface area contributed by atoms with Gasteiger partial charge in [-0.25, -0.2) is 4.98 Å². The summed E-state index contributed by atoms with van der Waals surface area (Å²) in [5.41, 5.74) is -0.00986. The number of aldehydes is 1. The van der Waals surface area contributed by atoms with E-state index in [1.54, 1.807) is 0 Å². The van der Waals surface area contributed by atoms with E-state index >= 15 is 0 Å². The molecule has 0 aliphatic carbocycles. The highest BCUT2D eigenvalue weighted by molar-refractivity contribution is 5.77. The van der Waals surface area contributed by atoms with E-state index in [2.05, 4.69) is 4.98 Å². The lowest BCUT2D eigenvalue weighted by Crippen LogP contribution is -1.90. The Labute approximate surface area is 63.5 Å². The lowest BCUT2D eigenvalue weighted by atomic mass is 10.3. The van der Waals surface area contributed by atoms with E-state index in [9.17, 15) is 9.90 Å². The van der Waals surface area contributed by atoms with Gasteiger partial charge in [0.05, 0.1) is 7.11 Å². The highest BCUT2D eigenvalue weighted by Crippen LogP contribution is 2.25. The van der Waals surface area contributed by atoms with Gasteiger partial charge in [-0.1, -0.05) is 0 Å². The summed E-state index contributed by atoms with van der Waals surface area (Å²) < 4.78 is 4.74. The Bertz CT molecular complexity index is 272. The van der Waals surface area contributed by atoms with Gasteiger partial charge >= 0.3 is 0 Å². The molecule has 4 nitrogen and oxygen atoms in total. The zero-order valence-electron chi connectivity index (χ0n) is 5.94. The molecule has 0 aromatic carbocycles. The van der Waals surface area contributed by atoms with Crippen LogP contribution in [0.15, 0.2) is 12.3 Å². The Morgan fingerprint density at radius 1 is 1.73 bits per heavy atom. The SMILES string of the molecule is COc1ccnc(C=O)c1O. The summed E-state index contributed by atoms with van der Waals surface area (Å²) in [6.07, 6.45) is 1.86. The van der Waals surface area contributed by atoms with E-state index in [-0.39, 0.29) is 17.2 Å². The average molecular weight is 153 g/mol. The standard InChI is InChI=1S/C7H7NO3/c1-11-6-2-3-8-5(4-9)7(6)10/h2-4,10H,1H3. The maximum Gasteiger partial charge on any atom is 0.187 e. The zero-order valence-corrected chi connectivity index (χ0v) is 5.94. The molecule has 1 aromatic rings. The average Bonchev–Trinajstić information content (AvgIpc) is 2.05. The second-order valence-electron chi connectivity index (χ2n) is 1.86. The molecule has 11 heavy (non-hydrogen) atoms. The molecule has 1 N–H and O–H groups in total. The number of pyridine rings is 1. The fraction of sp³-hybridized carbons (Fsp3) is 0.143. The Balaban J connectivity index is 3.20. The van der Waals surface area contributed by atoms with Crippen molar-refractivity contribution in [2.24, 2.45) is 0 Å². The van der Waals surface area contributed by atoms with Crippen LogP contribution in [0.25, 0.3) is 0 Å². The molecule has 0 amide bonds. The van der Waals surface area contributed by atoms with E-state index in [1.807, 2.05) is 0 Å². The van der Waals surface area contributed by atoms with Gasteiger partial charge in [0.15, 0.2) is 17.8 Å². The Kier molecular flexibility index (Phi) is 2.06. The van der Waals surface area contributed by atoms with Crippen molar-refractivity contribution in [3.63, 3.8) is 0 Å². The van der Waals surface area contributed by atoms with E-state index in [1.165, 1.54) is 19.4 Å². The Morgan fingerprint density at radius 2 is 2.45 bits per heavy atom.